The number of halogens is 1. The fourth-order valence-corrected chi connectivity index (χ4v) is 1.61. The summed E-state index contributed by atoms with van der Waals surface area (Å²) in [4.78, 5) is 22.8. The number of hydrogen-bond acceptors (Lipinski definition) is 2. The largest absolute Gasteiger partial charge is 0.480 e. The summed E-state index contributed by atoms with van der Waals surface area (Å²) in [6.45, 7) is 3.54. The molecule has 1 aromatic rings. The fraction of sp³-hybridized carbons (Fsp3) is 0.286. The van der Waals surface area contributed by atoms with Gasteiger partial charge in [0.15, 0.2) is 0 Å². The summed E-state index contributed by atoms with van der Waals surface area (Å²) in [6, 6.07) is 4.43. The van der Waals surface area contributed by atoms with Crippen molar-refractivity contribution in [3.8, 4) is 0 Å². The highest BCUT2D eigenvalue weighted by Gasteiger charge is 2.21. The zero-order valence-electron chi connectivity index (χ0n) is 10.4. The van der Waals surface area contributed by atoms with Crippen molar-refractivity contribution >= 4 is 11.9 Å². The van der Waals surface area contributed by atoms with Crippen LogP contribution in [0.2, 0.25) is 0 Å². The Bertz CT molecular complexity index is 474. The number of carboxylic acid groups (broad SMARTS) is 1. The van der Waals surface area contributed by atoms with Crippen molar-refractivity contribution < 1.29 is 19.1 Å². The lowest BCUT2D eigenvalue weighted by Crippen LogP contribution is -2.41. The summed E-state index contributed by atoms with van der Waals surface area (Å²) < 4.78 is 13.4. The van der Waals surface area contributed by atoms with Crippen LogP contribution >= 0.6 is 0 Å². The van der Waals surface area contributed by atoms with Gasteiger partial charge in [0.2, 0.25) is 0 Å². The Kier molecular flexibility index (Phi) is 5.73. The third-order valence-corrected chi connectivity index (χ3v) is 2.62. The van der Waals surface area contributed by atoms with E-state index in [1.54, 1.807) is 6.08 Å². The number of benzene rings is 1. The van der Waals surface area contributed by atoms with Gasteiger partial charge in [0.1, 0.15) is 11.9 Å². The van der Waals surface area contributed by atoms with E-state index in [0.717, 1.165) is 6.07 Å². The van der Waals surface area contributed by atoms with Crippen molar-refractivity contribution in [2.75, 3.05) is 0 Å². The van der Waals surface area contributed by atoms with Crippen molar-refractivity contribution in [3.05, 3.63) is 48.3 Å². The normalized spacial score (nSPS) is 11.6. The minimum absolute atomic E-state index is 0.155. The third-order valence-electron chi connectivity index (χ3n) is 2.62. The average Bonchev–Trinajstić information content (AvgIpc) is 2.38. The molecule has 0 saturated carbocycles. The van der Waals surface area contributed by atoms with Crippen LogP contribution in [0.5, 0.6) is 0 Å². The Morgan fingerprint density at radius 2 is 2.11 bits per heavy atom. The zero-order chi connectivity index (χ0) is 14.3. The zero-order valence-corrected chi connectivity index (χ0v) is 10.4. The van der Waals surface area contributed by atoms with Gasteiger partial charge >= 0.3 is 5.97 Å². The second kappa shape index (κ2) is 7.31. The van der Waals surface area contributed by atoms with Gasteiger partial charge in [-0.15, -0.1) is 6.58 Å². The quantitative estimate of drug-likeness (QED) is 0.587. The van der Waals surface area contributed by atoms with E-state index >= 15 is 0 Å². The van der Waals surface area contributed by atoms with Crippen LogP contribution in [0.1, 0.15) is 29.6 Å². The van der Waals surface area contributed by atoms with Gasteiger partial charge in [-0.3, -0.25) is 4.79 Å². The molecule has 0 fully saturated rings. The van der Waals surface area contributed by atoms with Crippen LogP contribution in [0.3, 0.4) is 0 Å². The SMILES string of the molecule is C=CCCC[C@@H](NC(=O)c1ccccc1F)C(=O)O. The Morgan fingerprint density at radius 1 is 1.42 bits per heavy atom. The van der Waals surface area contributed by atoms with E-state index in [-0.39, 0.29) is 12.0 Å². The molecule has 1 atom stereocenters. The predicted octanol–water partition coefficient (Wildman–Crippen LogP) is 2.37. The molecule has 2 N–H and O–H groups in total. The second-order valence-corrected chi connectivity index (χ2v) is 4.06. The highest BCUT2D eigenvalue weighted by Crippen LogP contribution is 2.08. The maximum Gasteiger partial charge on any atom is 0.326 e. The lowest BCUT2D eigenvalue weighted by atomic mass is 10.1. The van der Waals surface area contributed by atoms with Crippen molar-refractivity contribution in [1.29, 1.82) is 0 Å². The lowest BCUT2D eigenvalue weighted by Gasteiger charge is -2.14. The molecule has 1 rings (SSSR count). The van der Waals surface area contributed by atoms with E-state index in [1.807, 2.05) is 0 Å². The number of aliphatic carboxylic acids is 1. The molecule has 0 saturated heterocycles. The molecule has 0 aliphatic rings. The maximum absolute atomic E-state index is 13.4. The van der Waals surface area contributed by atoms with Crippen LogP contribution in [0, 0.1) is 5.82 Å². The fourth-order valence-electron chi connectivity index (χ4n) is 1.61. The number of unbranched alkanes of at least 4 members (excludes halogenated alkanes) is 1. The first-order chi connectivity index (χ1) is 9.06. The Hall–Kier alpha value is -2.17. The summed E-state index contributed by atoms with van der Waals surface area (Å²) >= 11 is 0. The second-order valence-electron chi connectivity index (χ2n) is 4.06. The van der Waals surface area contributed by atoms with Gasteiger partial charge in [-0.2, -0.15) is 0 Å². The van der Waals surface area contributed by atoms with E-state index in [9.17, 15) is 14.0 Å². The molecule has 1 aromatic carbocycles. The van der Waals surface area contributed by atoms with Gasteiger partial charge in [-0.05, 0) is 31.4 Å². The number of amides is 1. The topological polar surface area (TPSA) is 66.4 Å². The molecule has 0 aliphatic carbocycles. The van der Waals surface area contributed by atoms with Crippen molar-refractivity contribution in [1.82, 2.24) is 5.32 Å². The van der Waals surface area contributed by atoms with E-state index in [4.69, 9.17) is 5.11 Å². The van der Waals surface area contributed by atoms with E-state index < -0.39 is 23.7 Å². The maximum atomic E-state index is 13.4. The Balaban J connectivity index is 2.69. The molecule has 0 aliphatic heterocycles. The number of carboxylic acids is 1. The van der Waals surface area contributed by atoms with Crippen molar-refractivity contribution in [3.63, 3.8) is 0 Å². The first-order valence-corrected chi connectivity index (χ1v) is 5.95. The number of carbonyl (C=O) groups is 2. The summed E-state index contributed by atoms with van der Waals surface area (Å²) in [5.74, 6) is -2.52. The van der Waals surface area contributed by atoms with Gasteiger partial charge in [0, 0.05) is 0 Å². The first-order valence-electron chi connectivity index (χ1n) is 5.95. The minimum Gasteiger partial charge on any atom is -0.480 e. The average molecular weight is 265 g/mol. The number of hydrogen-bond donors (Lipinski definition) is 2. The summed E-state index contributed by atoms with van der Waals surface area (Å²) in [5.41, 5.74) is -0.155. The number of carbonyl (C=O) groups excluding carboxylic acids is 1. The number of allylic oxidation sites excluding steroid dienone is 1. The molecule has 0 heterocycles. The molecule has 5 heteroatoms. The standard InChI is InChI=1S/C14H16FNO3/c1-2-3-4-9-12(14(18)19)16-13(17)10-7-5-6-8-11(10)15/h2,5-8,12H,1,3-4,9H2,(H,16,17)(H,18,19)/t12-/m1/s1. The highest BCUT2D eigenvalue weighted by atomic mass is 19.1. The van der Waals surface area contributed by atoms with E-state index in [1.165, 1.54) is 18.2 Å². The molecule has 0 bridgehead atoms. The molecule has 0 aromatic heterocycles. The summed E-state index contributed by atoms with van der Waals surface area (Å²) in [6.07, 6.45) is 3.22. The molecule has 0 radical (unpaired) electrons. The smallest absolute Gasteiger partial charge is 0.326 e. The van der Waals surface area contributed by atoms with Gasteiger partial charge in [0.05, 0.1) is 5.56 Å². The molecule has 19 heavy (non-hydrogen) atoms. The van der Waals surface area contributed by atoms with Crippen LogP contribution in [-0.2, 0) is 4.79 Å². The third kappa shape index (κ3) is 4.54. The highest BCUT2D eigenvalue weighted by molar-refractivity contribution is 5.96. The molecule has 0 spiro atoms. The van der Waals surface area contributed by atoms with Gasteiger partial charge in [0.25, 0.3) is 5.91 Å². The Morgan fingerprint density at radius 3 is 2.68 bits per heavy atom. The first kappa shape index (κ1) is 14.9. The van der Waals surface area contributed by atoms with Crippen LogP contribution in [0.25, 0.3) is 0 Å². The van der Waals surface area contributed by atoms with E-state index in [0.29, 0.717) is 12.8 Å². The minimum atomic E-state index is -1.13. The molecule has 102 valence electrons. The van der Waals surface area contributed by atoms with Crippen molar-refractivity contribution in [2.45, 2.75) is 25.3 Å². The number of rotatable bonds is 7. The van der Waals surface area contributed by atoms with Gasteiger partial charge in [-0.25, -0.2) is 9.18 Å². The Labute approximate surface area is 110 Å². The molecular formula is C14H16FNO3. The summed E-state index contributed by atoms with van der Waals surface area (Å²) in [5, 5.41) is 11.3. The predicted molar refractivity (Wildman–Crippen MR) is 69.3 cm³/mol. The summed E-state index contributed by atoms with van der Waals surface area (Å²) in [7, 11) is 0. The van der Waals surface area contributed by atoms with Gasteiger partial charge in [-0.1, -0.05) is 18.2 Å². The van der Waals surface area contributed by atoms with Crippen LogP contribution in [0.4, 0.5) is 4.39 Å². The van der Waals surface area contributed by atoms with E-state index in [2.05, 4.69) is 11.9 Å². The van der Waals surface area contributed by atoms with Gasteiger partial charge < -0.3 is 10.4 Å². The molecule has 4 nitrogen and oxygen atoms in total. The van der Waals surface area contributed by atoms with Crippen molar-refractivity contribution in [2.24, 2.45) is 0 Å². The molecule has 0 unspecified atom stereocenters. The van der Waals surface area contributed by atoms with Crippen LogP contribution in [-0.4, -0.2) is 23.0 Å². The lowest BCUT2D eigenvalue weighted by molar-refractivity contribution is -0.139. The molecular weight excluding hydrogens is 249 g/mol. The molecule has 1 amide bonds. The van der Waals surface area contributed by atoms with Crippen LogP contribution < -0.4 is 5.32 Å². The number of nitrogens with one attached hydrogen (secondary N) is 1. The van der Waals surface area contributed by atoms with Crippen LogP contribution in [0.15, 0.2) is 36.9 Å². The monoisotopic (exact) mass is 265 g/mol.